The summed E-state index contributed by atoms with van der Waals surface area (Å²) in [7, 11) is 0. The number of ether oxygens (including phenoxy) is 3. The van der Waals surface area contributed by atoms with E-state index in [9.17, 15) is 20.1 Å². The molecule has 0 radical (unpaired) electrons. The fraction of sp³-hybridized carbons (Fsp3) is 0.364. The smallest absolute Gasteiger partial charge is 0.257 e. The van der Waals surface area contributed by atoms with E-state index in [1.54, 1.807) is 29.7 Å². The predicted molar refractivity (Wildman–Crippen MR) is 108 cm³/mol. The van der Waals surface area contributed by atoms with E-state index in [1.807, 2.05) is 0 Å². The lowest BCUT2D eigenvalue weighted by molar-refractivity contribution is -0.236. The molecular formula is C22H20N2O7. The standard InChI is InChI=1S/C22H20N2O7/c1-2-22(28)14-4-16-19-11(6-24(16)20(26)13(14)8-29-21(22)27)12(7-25)10-3-17-18(31-9-30-17)5-15(10)23-19/h3-5,21,25,27-28H,2,6-9H2,1H3/t21?,22-/m0/s1. The molecule has 3 aromatic rings. The SMILES string of the molecule is CC[C@]1(O)c2cc3n(c(=O)c2COC1O)Cc1c-3nc2cc3c(cc2c1CO)OCO3. The summed E-state index contributed by atoms with van der Waals surface area (Å²) in [6.45, 7) is 1.78. The second-order valence-electron chi connectivity index (χ2n) is 8.05. The van der Waals surface area contributed by atoms with Crippen molar-refractivity contribution in [3.8, 4) is 22.9 Å². The number of pyridine rings is 2. The van der Waals surface area contributed by atoms with Crippen LogP contribution in [0.1, 0.15) is 35.6 Å². The molecular weight excluding hydrogens is 404 g/mol. The molecule has 3 aliphatic heterocycles. The Morgan fingerprint density at radius 1 is 1.23 bits per heavy atom. The van der Waals surface area contributed by atoms with E-state index in [0.29, 0.717) is 45.1 Å². The average molecular weight is 424 g/mol. The maximum Gasteiger partial charge on any atom is 0.257 e. The summed E-state index contributed by atoms with van der Waals surface area (Å²) in [6.07, 6.45) is -1.25. The van der Waals surface area contributed by atoms with Crippen molar-refractivity contribution in [3.05, 3.63) is 50.8 Å². The molecule has 1 aromatic carbocycles. The van der Waals surface area contributed by atoms with Gasteiger partial charge in [-0.2, -0.15) is 0 Å². The van der Waals surface area contributed by atoms with Gasteiger partial charge in [0, 0.05) is 28.1 Å². The number of benzene rings is 1. The minimum absolute atomic E-state index is 0.0854. The molecule has 0 saturated carbocycles. The van der Waals surface area contributed by atoms with Crippen molar-refractivity contribution < 1.29 is 29.5 Å². The van der Waals surface area contributed by atoms with E-state index in [-0.39, 0.29) is 38.5 Å². The summed E-state index contributed by atoms with van der Waals surface area (Å²) in [5, 5.41) is 32.3. The molecule has 0 spiro atoms. The Balaban J connectivity index is 1.64. The number of rotatable bonds is 2. The van der Waals surface area contributed by atoms with E-state index in [0.717, 1.165) is 10.9 Å². The zero-order valence-corrected chi connectivity index (χ0v) is 16.7. The molecule has 3 aliphatic rings. The molecule has 0 saturated heterocycles. The summed E-state index contributed by atoms with van der Waals surface area (Å²) in [6, 6.07) is 5.27. The maximum atomic E-state index is 13.3. The van der Waals surface area contributed by atoms with Gasteiger partial charge in [0.1, 0.15) is 5.60 Å². The number of nitrogens with zero attached hydrogens (tertiary/aromatic N) is 2. The monoisotopic (exact) mass is 424 g/mol. The van der Waals surface area contributed by atoms with Crippen molar-refractivity contribution in [1.29, 1.82) is 0 Å². The van der Waals surface area contributed by atoms with Crippen LogP contribution in [0.2, 0.25) is 0 Å². The number of aliphatic hydroxyl groups excluding tert-OH is 2. The van der Waals surface area contributed by atoms with Crippen LogP contribution < -0.4 is 15.0 Å². The van der Waals surface area contributed by atoms with Crippen LogP contribution in [0.4, 0.5) is 0 Å². The Hall–Kier alpha value is -2.98. The molecule has 2 atom stereocenters. The van der Waals surface area contributed by atoms with Crippen molar-refractivity contribution in [2.45, 2.75) is 45.0 Å². The van der Waals surface area contributed by atoms with E-state index >= 15 is 0 Å². The van der Waals surface area contributed by atoms with Crippen molar-refractivity contribution in [2.24, 2.45) is 0 Å². The fourth-order valence-electron chi connectivity index (χ4n) is 4.85. The van der Waals surface area contributed by atoms with E-state index in [4.69, 9.17) is 19.2 Å². The summed E-state index contributed by atoms with van der Waals surface area (Å²) < 4.78 is 17.8. The highest BCUT2D eigenvalue weighted by Gasteiger charge is 2.44. The first-order chi connectivity index (χ1) is 15.0. The van der Waals surface area contributed by atoms with Crippen LogP contribution in [0, 0.1) is 0 Å². The Bertz CT molecular complexity index is 1330. The molecule has 6 rings (SSSR count). The predicted octanol–water partition coefficient (Wildman–Crippen LogP) is 1.09. The van der Waals surface area contributed by atoms with Crippen LogP contribution in [0.15, 0.2) is 23.0 Å². The number of aliphatic hydroxyl groups is 3. The highest BCUT2D eigenvalue weighted by molar-refractivity contribution is 5.90. The fourth-order valence-corrected chi connectivity index (χ4v) is 4.85. The van der Waals surface area contributed by atoms with Crippen LogP contribution in [-0.4, -0.2) is 38.0 Å². The Morgan fingerprint density at radius 2 is 2.00 bits per heavy atom. The van der Waals surface area contributed by atoms with Gasteiger partial charge in [-0.05, 0) is 24.1 Å². The number of fused-ring (bicyclic) bond motifs is 6. The third-order valence-corrected chi connectivity index (χ3v) is 6.62. The van der Waals surface area contributed by atoms with Crippen LogP contribution in [0.3, 0.4) is 0 Å². The summed E-state index contributed by atoms with van der Waals surface area (Å²) in [5.74, 6) is 1.16. The zero-order chi connectivity index (χ0) is 21.5. The third-order valence-electron chi connectivity index (χ3n) is 6.62. The molecule has 2 aromatic heterocycles. The first-order valence-electron chi connectivity index (χ1n) is 10.1. The number of hydrogen-bond acceptors (Lipinski definition) is 8. The highest BCUT2D eigenvalue weighted by atomic mass is 16.7. The quantitative estimate of drug-likeness (QED) is 0.437. The molecule has 1 unspecified atom stereocenters. The van der Waals surface area contributed by atoms with Gasteiger partial charge < -0.3 is 34.1 Å². The van der Waals surface area contributed by atoms with Crippen molar-refractivity contribution in [1.82, 2.24) is 9.55 Å². The Kier molecular flexibility index (Phi) is 3.79. The molecule has 31 heavy (non-hydrogen) atoms. The summed E-state index contributed by atoms with van der Waals surface area (Å²) >= 11 is 0. The molecule has 9 heteroatoms. The van der Waals surface area contributed by atoms with Crippen molar-refractivity contribution in [2.75, 3.05) is 6.79 Å². The molecule has 0 aliphatic carbocycles. The van der Waals surface area contributed by atoms with Gasteiger partial charge in [0.25, 0.3) is 5.56 Å². The normalized spacial score (nSPS) is 23.0. The van der Waals surface area contributed by atoms with Gasteiger partial charge in [-0.25, -0.2) is 4.98 Å². The first-order valence-corrected chi connectivity index (χ1v) is 10.1. The number of hydrogen-bond donors (Lipinski definition) is 3. The van der Waals surface area contributed by atoms with Gasteiger partial charge in [0.05, 0.1) is 36.7 Å². The van der Waals surface area contributed by atoms with E-state index in [2.05, 4.69) is 0 Å². The van der Waals surface area contributed by atoms with Crippen LogP contribution in [0.25, 0.3) is 22.3 Å². The topological polar surface area (TPSA) is 123 Å². The maximum absolute atomic E-state index is 13.3. The zero-order valence-electron chi connectivity index (χ0n) is 16.7. The van der Waals surface area contributed by atoms with Crippen LogP contribution in [0.5, 0.6) is 11.5 Å². The molecule has 0 bridgehead atoms. The lowest BCUT2D eigenvalue weighted by atomic mass is 9.85. The first kappa shape index (κ1) is 18.8. The molecule has 0 fully saturated rings. The lowest BCUT2D eigenvalue weighted by Gasteiger charge is -2.37. The van der Waals surface area contributed by atoms with Gasteiger partial charge >= 0.3 is 0 Å². The van der Waals surface area contributed by atoms with E-state index < -0.39 is 11.9 Å². The minimum atomic E-state index is -1.69. The largest absolute Gasteiger partial charge is 0.454 e. The molecule has 3 N–H and O–H groups in total. The van der Waals surface area contributed by atoms with Gasteiger partial charge in [0.2, 0.25) is 6.79 Å². The molecule has 9 nitrogen and oxygen atoms in total. The lowest BCUT2D eigenvalue weighted by Crippen LogP contribution is -2.47. The van der Waals surface area contributed by atoms with Crippen LogP contribution >= 0.6 is 0 Å². The van der Waals surface area contributed by atoms with Gasteiger partial charge in [0.15, 0.2) is 17.8 Å². The van der Waals surface area contributed by atoms with E-state index in [1.165, 1.54) is 0 Å². The molecule has 5 heterocycles. The summed E-state index contributed by atoms with van der Waals surface area (Å²) in [5.41, 5.74) is 1.82. The Morgan fingerprint density at radius 3 is 2.74 bits per heavy atom. The summed E-state index contributed by atoms with van der Waals surface area (Å²) in [4.78, 5) is 18.1. The second kappa shape index (κ2) is 6.27. The number of aromatic nitrogens is 2. The van der Waals surface area contributed by atoms with Crippen molar-refractivity contribution >= 4 is 10.9 Å². The second-order valence-corrected chi connectivity index (χ2v) is 8.05. The molecule has 0 amide bonds. The van der Waals surface area contributed by atoms with Gasteiger partial charge in [-0.1, -0.05) is 6.92 Å². The van der Waals surface area contributed by atoms with Gasteiger partial charge in [-0.3, -0.25) is 4.79 Å². The van der Waals surface area contributed by atoms with Gasteiger partial charge in [-0.15, -0.1) is 0 Å². The molecule has 160 valence electrons. The van der Waals surface area contributed by atoms with Crippen molar-refractivity contribution in [3.63, 3.8) is 0 Å². The average Bonchev–Trinajstić information content (AvgIpc) is 3.38. The van der Waals surface area contributed by atoms with Crippen LogP contribution in [-0.2, 0) is 30.1 Å². The third kappa shape index (κ3) is 2.34. The highest BCUT2D eigenvalue weighted by Crippen LogP contribution is 2.43. The minimum Gasteiger partial charge on any atom is -0.454 e. The Labute approximate surface area is 176 Å².